The van der Waals surface area contributed by atoms with Gasteiger partial charge in [-0.3, -0.25) is 4.79 Å². The fourth-order valence-electron chi connectivity index (χ4n) is 0.436. The van der Waals surface area contributed by atoms with E-state index >= 15 is 0 Å². The van der Waals surface area contributed by atoms with Crippen LogP contribution in [0.15, 0.2) is 0 Å². The third-order valence-electron chi connectivity index (χ3n) is 0.741. The van der Waals surface area contributed by atoms with Crippen molar-refractivity contribution in [2.45, 2.75) is 19.6 Å². The number of nitrogens with two attached hydrogens (primary N) is 1. The van der Waals surface area contributed by atoms with Gasteiger partial charge in [0.05, 0.1) is 0 Å². The van der Waals surface area contributed by atoms with Crippen molar-refractivity contribution < 1.29 is 9.90 Å². The summed E-state index contributed by atoms with van der Waals surface area (Å²) in [6.45, 7) is 1.80. The summed E-state index contributed by atoms with van der Waals surface area (Å²) in [6.07, 6.45) is -0.505. The second kappa shape index (κ2) is 4.29. The maximum atomic E-state index is 10.5. The Kier molecular flexibility index (Phi) is 4.00. The molecule has 0 heterocycles. The Hall–Kier alpha value is -0.610. The van der Waals surface area contributed by atoms with Gasteiger partial charge < -0.3 is 16.2 Å². The van der Waals surface area contributed by atoms with E-state index in [4.69, 9.17) is 10.8 Å². The Morgan fingerprint density at radius 3 is 2.78 bits per heavy atom. The molecule has 4 N–H and O–H groups in total. The molecule has 0 rings (SSSR count). The molecule has 0 radical (unpaired) electrons. The van der Waals surface area contributed by atoms with Gasteiger partial charge in [0.25, 0.3) is 0 Å². The molecule has 4 heteroatoms. The van der Waals surface area contributed by atoms with Crippen molar-refractivity contribution in [1.82, 2.24) is 5.32 Å². The van der Waals surface area contributed by atoms with Gasteiger partial charge in [-0.15, -0.1) is 0 Å². The smallest absolute Gasteiger partial charge is 0.223 e. The van der Waals surface area contributed by atoms with Crippen molar-refractivity contribution in [1.29, 1.82) is 0 Å². The van der Waals surface area contributed by atoms with Gasteiger partial charge in [-0.1, -0.05) is 0 Å². The summed E-state index contributed by atoms with van der Waals surface area (Å²) in [5.41, 5.74) is 5.06. The molecule has 1 unspecified atom stereocenters. The van der Waals surface area contributed by atoms with Crippen LogP contribution in [-0.2, 0) is 4.79 Å². The van der Waals surface area contributed by atoms with E-state index in [2.05, 4.69) is 5.32 Å². The van der Waals surface area contributed by atoms with Crippen LogP contribution in [0.3, 0.4) is 0 Å². The Labute approximate surface area is 54.0 Å². The van der Waals surface area contributed by atoms with Gasteiger partial charge >= 0.3 is 0 Å². The quantitative estimate of drug-likeness (QED) is 0.422. The van der Waals surface area contributed by atoms with Crippen LogP contribution in [0.2, 0.25) is 0 Å². The molecule has 0 aliphatic rings. The van der Waals surface area contributed by atoms with Crippen molar-refractivity contribution in [2.24, 2.45) is 5.73 Å². The summed E-state index contributed by atoms with van der Waals surface area (Å²) >= 11 is 0. The van der Waals surface area contributed by atoms with Crippen molar-refractivity contribution in [2.75, 3.05) is 6.54 Å². The molecule has 1 amide bonds. The van der Waals surface area contributed by atoms with Crippen LogP contribution in [-0.4, -0.2) is 23.8 Å². The Balaban J connectivity index is 3.27. The zero-order valence-corrected chi connectivity index (χ0v) is 5.42. The van der Waals surface area contributed by atoms with Crippen LogP contribution in [0, 0.1) is 0 Å². The number of carbonyl (C=O) groups excluding carboxylic acids is 1. The number of carbonyl (C=O) groups is 1. The zero-order valence-electron chi connectivity index (χ0n) is 5.42. The van der Waals surface area contributed by atoms with E-state index in [9.17, 15) is 4.79 Å². The summed E-state index contributed by atoms with van der Waals surface area (Å²) in [5.74, 6) is -0.215. The maximum Gasteiger partial charge on any atom is 0.223 e. The van der Waals surface area contributed by atoms with E-state index in [1.54, 1.807) is 0 Å². The van der Waals surface area contributed by atoms with Crippen molar-refractivity contribution in [3.05, 3.63) is 0 Å². The number of hydrogen-bond donors (Lipinski definition) is 3. The third-order valence-corrected chi connectivity index (χ3v) is 0.741. The van der Waals surface area contributed by atoms with Crippen molar-refractivity contribution in [3.8, 4) is 0 Å². The summed E-state index contributed by atoms with van der Waals surface area (Å²) in [5, 5.41) is 10.9. The topological polar surface area (TPSA) is 75.3 Å². The van der Waals surface area contributed by atoms with Crippen LogP contribution >= 0.6 is 0 Å². The van der Waals surface area contributed by atoms with Crippen LogP contribution in [0.25, 0.3) is 0 Å². The van der Waals surface area contributed by atoms with Crippen LogP contribution in [0.1, 0.15) is 13.3 Å². The molecule has 0 bridgehead atoms. The molecular formula is C5H12N2O2. The van der Waals surface area contributed by atoms with Gasteiger partial charge in [0.1, 0.15) is 6.23 Å². The molecule has 0 aromatic heterocycles. The summed E-state index contributed by atoms with van der Waals surface area (Å²) in [7, 11) is 0. The maximum absolute atomic E-state index is 10.5. The second-order valence-electron chi connectivity index (χ2n) is 1.78. The number of hydrogen-bond acceptors (Lipinski definition) is 3. The monoisotopic (exact) mass is 132 g/mol. The van der Waals surface area contributed by atoms with Crippen molar-refractivity contribution in [3.63, 3.8) is 0 Å². The molecule has 0 aliphatic carbocycles. The SMILES string of the molecule is CC(O)NC(=O)CCN. The summed E-state index contributed by atoms with van der Waals surface area (Å²) in [6, 6.07) is 0. The van der Waals surface area contributed by atoms with E-state index in [0.717, 1.165) is 0 Å². The fourth-order valence-corrected chi connectivity index (χ4v) is 0.436. The highest BCUT2D eigenvalue weighted by Crippen LogP contribution is 1.76. The molecule has 0 fully saturated rings. The molecule has 0 saturated heterocycles. The zero-order chi connectivity index (χ0) is 7.28. The van der Waals surface area contributed by atoms with Crippen LogP contribution in [0.4, 0.5) is 0 Å². The van der Waals surface area contributed by atoms with Crippen LogP contribution in [0.5, 0.6) is 0 Å². The van der Waals surface area contributed by atoms with Gasteiger partial charge in [0.2, 0.25) is 5.91 Å². The first-order valence-electron chi connectivity index (χ1n) is 2.84. The van der Waals surface area contributed by atoms with E-state index in [1.807, 2.05) is 0 Å². The average molecular weight is 132 g/mol. The van der Waals surface area contributed by atoms with E-state index in [0.29, 0.717) is 6.54 Å². The molecule has 0 spiro atoms. The largest absolute Gasteiger partial charge is 0.374 e. The van der Waals surface area contributed by atoms with Gasteiger partial charge in [-0.2, -0.15) is 0 Å². The predicted molar refractivity (Wildman–Crippen MR) is 33.5 cm³/mol. The minimum Gasteiger partial charge on any atom is -0.374 e. The minimum atomic E-state index is -0.774. The minimum absolute atomic E-state index is 0.215. The lowest BCUT2D eigenvalue weighted by atomic mass is 10.4. The lowest BCUT2D eigenvalue weighted by Gasteiger charge is -2.04. The van der Waals surface area contributed by atoms with E-state index in [1.165, 1.54) is 6.92 Å². The van der Waals surface area contributed by atoms with Gasteiger partial charge in [-0.25, -0.2) is 0 Å². The summed E-state index contributed by atoms with van der Waals surface area (Å²) in [4.78, 5) is 10.5. The second-order valence-corrected chi connectivity index (χ2v) is 1.78. The molecule has 0 aromatic carbocycles. The Bertz CT molecular complexity index is 93.0. The first-order valence-corrected chi connectivity index (χ1v) is 2.84. The number of aliphatic hydroxyl groups excluding tert-OH is 1. The highest BCUT2D eigenvalue weighted by molar-refractivity contribution is 5.76. The number of rotatable bonds is 3. The normalized spacial score (nSPS) is 12.8. The highest BCUT2D eigenvalue weighted by atomic mass is 16.3. The lowest BCUT2D eigenvalue weighted by Crippen LogP contribution is -2.33. The molecular weight excluding hydrogens is 120 g/mol. The third kappa shape index (κ3) is 5.26. The molecule has 4 nitrogen and oxygen atoms in total. The molecule has 0 aliphatic heterocycles. The highest BCUT2D eigenvalue weighted by Gasteiger charge is 2.00. The van der Waals surface area contributed by atoms with E-state index in [-0.39, 0.29) is 12.3 Å². The Morgan fingerprint density at radius 2 is 2.44 bits per heavy atom. The Morgan fingerprint density at radius 1 is 1.89 bits per heavy atom. The average Bonchev–Trinajstić information content (AvgIpc) is 1.63. The van der Waals surface area contributed by atoms with Gasteiger partial charge in [0.15, 0.2) is 0 Å². The standard InChI is InChI=1S/C5H12N2O2/c1-4(8)7-5(9)2-3-6/h4,8H,2-3,6H2,1H3,(H,7,9). The molecule has 9 heavy (non-hydrogen) atoms. The first-order chi connectivity index (χ1) is 4.16. The molecule has 0 saturated carbocycles. The summed E-state index contributed by atoms with van der Waals surface area (Å²) < 4.78 is 0. The first kappa shape index (κ1) is 8.39. The predicted octanol–water partition coefficient (Wildman–Crippen LogP) is -1.21. The molecule has 0 aromatic rings. The lowest BCUT2D eigenvalue weighted by molar-refractivity contribution is -0.123. The van der Waals surface area contributed by atoms with Crippen molar-refractivity contribution >= 4 is 5.91 Å². The van der Waals surface area contributed by atoms with E-state index < -0.39 is 6.23 Å². The fraction of sp³-hybridized carbons (Fsp3) is 0.800. The van der Waals surface area contributed by atoms with Gasteiger partial charge in [0, 0.05) is 13.0 Å². The number of amides is 1. The van der Waals surface area contributed by atoms with Crippen LogP contribution < -0.4 is 11.1 Å². The van der Waals surface area contributed by atoms with Gasteiger partial charge in [-0.05, 0) is 6.92 Å². The number of aliphatic hydroxyl groups is 1. The molecule has 54 valence electrons. The molecule has 1 atom stereocenters. The number of nitrogens with one attached hydrogen (secondary N) is 1.